The molecule has 0 saturated heterocycles. The number of fused-ring (bicyclic) bond motifs is 1. The number of aryl methyl sites for hydroxylation is 1. The van der Waals surface area contributed by atoms with Crippen LogP contribution < -0.4 is 0 Å². The zero-order valence-electron chi connectivity index (χ0n) is 16.3. The van der Waals surface area contributed by atoms with Gasteiger partial charge in [-0.1, -0.05) is 50.2 Å². The van der Waals surface area contributed by atoms with E-state index in [9.17, 15) is 8.42 Å². The van der Waals surface area contributed by atoms with E-state index >= 15 is 0 Å². The summed E-state index contributed by atoms with van der Waals surface area (Å²) in [6.45, 7) is 8.52. The number of rotatable bonds is 6. The molecule has 0 saturated carbocycles. The summed E-state index contributed by atoms with van der Waals surface area (Å²) in [6, 6.07) is 14.9. The second-order valence-electron chi connectivity index (χ2n) is 7.35. The van der Waals surface area contributed by atoms with Gasteiger partial charge in [0.1, 0.15) is 0 Å². The predicted molar refractivity (Wildman–Crippen MR) is 110 cm³/mol. The van der Waals surface area contributed by atoms with Crippen molar-refractivity contribution in [3.05, 3.63) is 72.1 Å². The van der Waals surface area contributed by atoms with E-state index in [0.29, 0.717) is 16.8 Å². The van der Waals surface area contributed by atoms with Gasteiger partial charge in [0, 0.05) is 30.4 Å². The summed E-state index contributed by atoms with van der Waals surface area (Å²) >= 11 is 0. The number of hydrogen-bond donors (Lipinski definition) is 0. The minimum Gasteiger partial charge on any atom is -0.264 e. The SMILES string of the molecule is Cc1ccccc1C(C)N(CC(C)C)S(=O)(=O)c1cccc2ccncc12. The fraction of sp³-hybridized carbons (Fsp3) is 0.318. The maximum atomic E-state index is 13.7. The Morgan fingerprint density at radius 1 is 1.00 bits per heavy atom. The fourth-order valence-electron chi connectivity index (χ4n) is 3.47. The smallest absolute Gasteiger partial charge is 0.244 e. The van der Waals surface area contributed by atoms with Crippen LogP contribution in [-0.4, -0.2) is 24.3 Å². The van der Waals surface area contributed by atoms with Crippen LogP contribution in [0.3, 0.4) is 0 Å². The molecule has 0 aliphatic carbocycles. The second kappa shape index (κ2) is 7.79. The van der Waals surface area contributed by atoms with Crippen LogP contribution in [0.1, 0.15) is 37.9 Å². The standard InChI is InChI=1S/C22H26N2O2S/c1-16(2)15-24(18(4)20-10-6-5-8-17(20)3)27(25,26)22-11-7-9-19-12-13-23-14-21(19)22/h5-14,16,18H,15H2,1-4H3. The Balaban J connectivity index is 2.15. The Labute approximate surface area is 161 Å². The summed E-state index contributed by atoms with van der Waals surface area (Å²) in [5, 5.41) is 1.53. The lowest BCUT2D eigenvalue weighted by atomic mass is 10.0. The first-order valence-electron chi connectivity index (χ1n) is 9.22. The van der Waals surface area contributed by atoms with E-state index in [4.69, 9.17) is 0 Å². The van der Waals surface area contributed by atoms with E-state index < -0.39 is 10.0 Å². The molecule has 0 fully saturated rings. The molecule has 1 unspecified atom stereocenters. The maximum Gasteiger partial charge on any atom is 0.244 e. The van der Waals surface area contributed by atoms with E-state index in [2.05, 4.69) is 4.98 Å². The molecule has 3 aromatic rings. The number of pyridine rings is 1. The van der Waals surface area contributed by atoms with Crippen LogP contribution in [0.15, 0.2) is 65.8 Å². The van der Waals surface area contributed by atoms with Crippen LogP contribution in [0.2, 0.25) is 0 Å². The van der Waals surface area contributed by atoms with Gasteiger partial charge in [-0.3, -0.25) is 4.98 Å². The van der Waals surface area contributed by atoms with Crippen molar-refractivity contribution in [2.75, 3.05) is 6.54 Å². The number of benzene rings is 2. The van der Waals surface area contributed by atoms with E-state index in [0.717, 1.165) is 16.5 Å². The van der Waals surface area contributed by atoms with Gasteiger partial charge in [-0.15, -0.1) is 0 Å². The van der Waals surface area contributed by atoms with Crippen LogP contribution >= 0.6 is 0 Å². The van der Waals surface area contributed by atoms with Gasteiger partial charge in [0.15, 0.2) is 0 Å². The molecular weight excluding hydrogens is 356 g/mol. The maximum absolute atomic E-state index is 13.7. The second-order valence-corrected chi connectivity index (χ2v) is 9.21. The largest absolute Gasteiger partial charge is 0.264 e. The highest BCUT2D eigenvalue weighted by Crippen LogP contribution is 2.32. The molecule has 5 heteroatoms. The van der Waals surface area contributed by atoms with Gasteiger partial charge in [0.05, 0.1) is 4.90 Å². The van der Waals surface area contributed by atoms with E-state index in [1.165, 1.54) is 0 Å². The van der Waals surface area contributed by atoms with Crippen molar-refractivity contribution in [3.63, 3.8) is 0 Å². The third kappa shape index (κ3) is 3.89. The molecule has 4 nitrogen and oxygen atoms in total. The summed E-state index contributed by atoms with van der Waals surface area (Å²) < 4.78 is 29.0. The molecule has 0 radical (unpaired) electrons. The van der Waals surface area contributed by atoms with Crippen LogP contribution in [-0.2, 0) is 10.0 Å². The van der Waals surface area contributed by atoms with Crippen molar-refractivity contribution in [2.45, 2.75) is 38.6 Å². The van der Waals surface area contributed by atoms with E-state index in [1.807, 2.05) is 64.1 Å². The topological polar surface area (TPSA) is 50.3 Å². The minimum absolute atomic E-state index is 0.208. The first kappa shape index (κ1) is 19.5. The van der Waals surface area contributed by atoms with Crippen LogP contribution in [0, 0.1) is 12.8 Å². The van der Waals surface area contributed by atoms with Crippen molar-refractivity contribution >= 4 is 20.8 Å². The molecule has 2 aromatic carbocycles. The summed E-state index contributed by atoms with van der Waals surface area (Å²) in [6.07, 6.45) is 3.31. The van der Waals surface area contributed by atoms with E-state index in [-0.39, 0.29) is 12.0 Å². The number of sulfonamides is 1. The number of hydrogen-bond acceptors (Lipinski definition) is 3. The fourth-order valence-corrected chi connectivity index (χ4v) is 5.45. The first-order valence-corrected chi connectivity index (χ1v) is 10.7. The molecule has 1 aromatic heterocycles. The van der Waals surface area contributed by atoms with Crippen LogP contribution in [0.5, 0.6) is 0 Å². The molecule has 0 bridgehead atoms. The molecule has 3 rings (SSSR count). The van der Waals surface area contributed by atoms with Crippen molar-refractivity contribution < 1.29 is 8.42 Å². The minimum atomic E-state index is -3.69. The molecule has 0 amide bonds. The average molecular weight is 383 g/mol. The molecule has 0 spiro atoms. The van der Waals surface area contributed by atoms with Crippen LogP contribution in [0.25, 0.3) is 10.8 Å². The Kier molecular flexibility index (Phi) is 5.63. The Bertz CT molecular complexity index is 1040. The van der Waals surface area contributed by atoms with Gasteiger partial charge >= 0.3 is 0 Å². The molecular formula is C22H26N2O2S. The molecule has 1 atom stereocenters. The lowest BCUT2D eigenvalue weighted by Crippen LogP contribution is -2.36. The van der Waals surface area contributed by atoms with Crippen molar-refractivity contribution in [1.29, 1.82) is 0 Å². The molecule has 1 heterocycles. The summed E-state index contributed by atoms with van der Waals surface area (Å²) in [7, 11) is -3.69. The van der Waals surface area contributed by atoms with E-state index in [1.54, 1.807) is 28.8 Å². The van der Waals surface area contributed by atoms with Gasteiger partial charge in [0.2, 0.25) is 10.0 Å². The monoisotopic (exact) mass is 382 g/mol. The summed E-state index contributed by atoms with van der Waals surface area (Å²) in [5.41, 5.74) is 2.12. The summed E-state index contributed by atoms with van der Waals surface area (Å²) in [4.78, 5) is 4.46. The highest BCUT2D eigenvalue weighted by molar-refractivity contribution is 7.89. The first-order chi connectivity index (χ1) is 12.8. The third-order valence-corrected chi connectivity index (χ3v) is 6.84. The van der Waals surface area contributed by atoms with Gasteiger partial charge in [-0.25, -0.2) is 8.42 Å². The highest BCUT2D eigenvalue weighted by Gasteiger charge is 2.32. The quantitative estimate of drug-likeness (QED) is 0.606. The molecule has 0 aliphatic rings. The Morgan fingerprint density at radius 2 is 1.74 bits per heavy atom. The van der Waals surface area contributed by atoms with Crippen molar-refractivity contribution in [1.82, 2.24) is 9.29 Å². The van der Waals surface area contributed by atoms with Crippen LogP contribution in [0.4, 0.5) is 0 Å². The third-order valence-electron chi connectivity index (χ3n) is 4.85. The zero-order valence-corrected chi connectivity index (χ0v) is 17.1. The van der Waals surface area contributed by atoms with Crippen molar-refractivity contribution in [2.24, 2.45) is 5.92 Å². The highest BCUT2D eigenvalue weighted by atomic mass is 32.2. The summed E-state index contributed by atoms with van der Waals surface area (Å²) in [5.74, 6) is 0.208. The molecule has 142 valence electrons. The van der Waals surface area contributed by atoms with Gasteiger partial charge in [-0.2, -0.15) is 4.31 Å². The molecule has 0 aliphatic heterocycles. The normalized spacial score (nSPS) is 13.4. The van der Waals surface area contributed by atoms with Gasteiger partial charge < -0.3 is 0 Å². The number of aromatic nitrogens is 1. The Morgan fingerprint density at radius 3 is 2.44 bits per heavy atom. The Hall–Kier alpha value is -2.24. The lowest BCUT2D eigenvalue weighted by molar-refractivity contribution is 0.308. The zero-order chi connectivity index (χ0) is 19.6. The molecule has 27 heavy (non-hydrogen) atoms. The number of nitrogens with zero attached hydrogens (tertiary/aromatic N) is 2. The van der Waals surface area contributed by atoms with Crippen molar-refractivity contribution in [3.8, 4) is 0 Å². The predicted octanol–water partition coefficient (Wildman–Crippen LogP) is 4.95. The van der Waals surface area contributed by atoms with Gasteiger partial charge in [-0.05, 0) is 48.4 Å². The van der Waals surface area contributed by atoms with Gasteiger partial charge in [0.25, 0.3) is 0 Å². The molecule has 0 N–H and O–H groups in total. The lowest BCUT2D eigenvalue weighted by Gasteiger charge is -2.31. The average Bonchev–Trinajstić information content (AvgIpc) is 2.65.